The van der Waals surface area contributed by atoms with Crippen molar-refractivity contribution in [1.29, 1.82) is 0 Å². The van der Waals surface area contributed by atoms with Crippen molar-refractivity contribution >= 4 is 0 Å². The molecule has 0 radical (unpaired) electrons. The summed E-state index contributed by atoms with van der Waals surface area (Å²) in [5.41, 5.74) is 2.01. The molecular formula is C20H22O5. The van der Waals surface area contributed by atoms with Crippen molar-refractivity contribution in [2.24, 2.45) is 0 Å². The molecule has 0 saturated carbocycles. The van der Waals surface area contributed by atoms with Crippen LogP contribution in [0.25, 0.3) is 0 Å². The predicted molar refractivity (Wildman–Crippen MR) is 90.5 cm³/mol. The molecule has 0 amide bonds. The highest BCUT2D eigenvalue weighted by atomic mass is 16.7. The minimum Gasteiger partial charge on any atom is -0.390 e. The Kier molecular flexibility index (Phi) is 5.10. The van der Waals surface area contributed by atoms with Gasteiger partial charge in [0, 0.05) is 12.0 Å². The summed E-state index contributed by atoms with van der Waals surface area (Å²) in [4.78, 5) is 0. The Morgan fingerprint density at radius 1 is 0.960 bits per heavy atom. The van der Waals surface area contributed by atoms with Crippen LogP contribution in [0.4, 0.5) is 0 Å². The van der Waals surface area contributed by atoms with Gasteiger partial charge in [0.1, 0.15) is 12.2 Å². The number of hydrogen-bond acceptors (Lipinski definition) is 5. The molecule has 0 aromatic heterocycles. The summed E-state index contributed by atoms with van der Waals surface area (Å²) in [6.45, 7) is 0.816. The van der Waals surface area contributed by atoms with E-state index in [0.717, 1.165) is 11.1 Å². The number of benzene rings is 2. The van der Waals surface area contributed by atoms with Crippen LogP contribution in [0.2, 0.25) is 0 Å². The Morgan fingerprint density at radius 3 is 2.44 bits per heavy atom. The van der Waals surface area contributed by atoms with Crippen LogP contribution in [-0.4, -0.2) is 36.3 Å². The summed E-state index contributed by atoms with van der Waals surface area (Å²) in [6.07, 6.45) is -1.93. The second-order valence-corrected chi connectivity index (χ2v) is 6.38. The molecule has 4 rings (SSSR count). The second kappa shape index (κ2) is 7.64. The minimum absolute atomic E-state index is 0.329. The molecule has 0 bridgehead atoms. The molecule has 2 fully saturated rings. The van der Waals surface area contributed by atoms with Gasteiger partial charge in [0.05, 0.1) is 19.3 Å². The third-order valence-corrected chi connectivity index (χ3v) is 4.55. The number of rotatable bonds is 4. The molecule has 2 aliphatic rings. The van der Waals surface area contributed by atoms with Gasteiger partial charge in [-0.05, 0) is 5.56 Å². The van der Waals surface area contributed by atoms with Gasteiger partial charge in [-0.15, -0.1) is 0 Å². The Balaban J connectivity index is 1.35. The summed E-state index contributed by atoms with van der Waals surface area (Å²) in [5.74, 6) is 0. The third-order valence-electron chi connectivity index (χ3n) is 4.55. The monoisotopic (exact) mass is 342 g/mol. The first-order chi connectivity index (χ1) is 12.3. The minimum atomic E-state index is -0.644. The number of aliphatic hydroxyl groups excluding tert-OH is 1. The number of fused-ring (bicyclic) bond motifs is 1. The topological polar surface area (TPSA) is 57.2 Å². The van der Waals surface area contributed by atoms with Crippen LogP contribution in [0.3, 0.4) is 0 Å². The molecule has 2 saturated heterocycles. The fraction of sp³-hybridized carbons (Fsp3) is 0.400. The second-order valence-electron chi connectivity index (χ2n) is 6.38. The van der Waals surface area contributed by atoms with Crippen LogP contribution in [0.15, 0.2) is 60.7 Å². The molecule has 5 atom stereocenters. The van der Waals surface area contributed by atoms with Crippen LogP contribution in [0, 0.1) is 0 Å². The van der Waals surface area contributed by atoms with E-state index in [1.807, 2.05) is 60.7 Å². The summed E-state index contributed by atoms with van der Waals surface area (Å²) in [5, 5.41) is 10.5. The van der Waals surface area contributed by atoms with E-state index >= 15 is 0 Å². The largest absolute Gasteiger partial charge is 0.390 e. The summed E-state index contributed by atoms with van der Waals surface area (Å²) >= 11 is 0. The smallest absolute Gasteiger partial charge is 0.184 e. The van der Waals surface area contributed by atoms with Gasteiger partial charge in [0.2, 0.25) is 0 Å². The molecule has 1 N–H and O–H groups in total. The zero-order chi connectivity index (χ0) is 17.1. The van der Waals surface area contributed by atoms with Gasteiger partial charge in [0.15, 0.2) is 12.6 Å². The van der Waals surface area contributed by atoms with Crippen LogP contribution in [0.5, 0.6) is 0 Å². The van der Waals surface area contributed by atoms with Crippen molar-refractivity contribution in [2.75, 3.05) is 6.61 Å². The summed E-state index contributed by atoms with van der Waals surface area (Å²) in [7, 11) is 0. The molecule has 2 aromatic rings. The molecule has 0 spiro atoms. The van der Waals surface area contributed by atoms with E-state index < -0.39 is 24.8 Å². The molecule has 2 aliphatic heterocycles. The van der Waals surface area contributed by atoms with Gasteiger partial charge in [-0.3, -0.25) is 0 Å². The maximum atomic E-state index is 10.5. The Labute approximate surface area is 147 Å². The average molecular weight is 342 g/mol. The first kappa shape index (κ1) is 16.7. The van der Waals surface area contributed by atoms with E-state index in [9.17, 15) is 5.11 Å². The van der Waals surface area contributed by atoms with E-state index in [2.05, 4.69) is 0 Å². The SMILES string of the molecule is O[C@H]1C[C@@H](OCc2ccccc2)O[C@@H]2COC(c3ccccc3)O[C@@H]12. The Morgan fingerprint density at radius 2 is 1.68 bits per heavy atom. The lowest BCUT2D eigenvalue weighted by Gasteiger charge is -2.44. The predicted octanol–water partition coefficient (Wildman–Crippen LogP) is 2.79. The lowest BCUT2D eigenvalue weighted by molar-refractivity contribution is -0.338. The van der Waals surface area contributed by atoms with Crippen molar-refractivity contribution in [3.8, 4) is 0 Å². The van der Waals surface area contributed by atoms with Crippen LogP contribution in [0.1, 0.15) is 23.8 Å². The van der Waals surface area contributed by atoms with Crippen LogP contribution in [-0.2, 0) is 25.6 Å². The van der Waals surface area contributed by atoms with Gasteiger partial charge in [-0.1, -0.05) is 60.7 Å². The highest BCUT2D eigenvalue weighted by molar-refractivity contribution is 5.16. The zero-order valence-electron chi connectivity index (χ0n) is 13.9. The quantitative estimate of drug-likeness (QED) is 0.926. The van der Waals surface area contributed by atoms with E-state index in [1.54, 1.807) is 0 Å². The number of hydrogen-bond donors (Lipinski definition) is 1. The Hall–Kier alpha value is -1.76. The highest BCUT2D eigenvalue weighted by Gasteiger charge is 2.44. The molecule has 0 aliphatic carbocycles. The molecule has 2 heterocycles. The fourth-order valence-electron chi connectivity index (χ4n) is 3.24. The van der Waals surface area contributed by atoms with E-state index in [-0.39, 0.29) is 6.10 Å². The first-order valence-electron chi connectivity index (χ1n) is 8.60. The normalized spacial score (nSPS) is 32.1. The molecule has 1 unspecified atom stereocenters. The number of ether oxygens (including phenoxy) is 4. The van der Waals surface area contributed by atoms with Crippen molar-refractivity contribution in [1.82, 2.24) is 0 Å². The highest BCUT2D eigenvalue weighted by Crippen LogP contribution is 2.34. The molecule has 5 heteroatoms. The van der Waals surface area contributed by atoms with Gasteiger partial charge < -0.3 is 24.1 Å². The lowest BCUT2D eigenvalue weighted by atomic mass is 10.0. The van der Waals surface area contributed by atoms with Gasteiger partial charge in [-0.25, -0.2) is 0 Å². The first-order valence-corrected chi connectivity index (χ1v) is 8.60. The van der Waals surface area contributed by atoms with Crippen molar-refractivity contribution in [2.45, 2.75) is 43.9 Å². The van der Waals surface area contributed by atoms with Crippen molar-refractivity contribution in [3.63, 3.8) is 0 Å². The molecule has 132 valence electrons. The maximum Gasteiger partial charge on any atom is 0.184 e. The van der Waals surface area contributed by atoms with Gasteiger partial charge in [-0.2, -0.15) is 0 Å². The van der Waals surface area contributed by atoms with Crippen molar-refractivity contribution < 1.29 is 24.1 Å². The van der Waals surface area contributed by atoms with Gasteiger partial charge >= 0.3 is 0 Å². The standard InChI is InChI=1S/C20H22O5/c21-16-11-18(22-12-14-7-3-1-4-8-14)24-17-13-23-20(25-19(16)17)15-9-5-2-6-10-15/h1-10,16-21H,11-13H2/t16-,17+,18-,19-,20?/m0/s1. The third kappa shape index (κ3) is 3.92. The van der Waals surface area contributed by atoms with E-state index in [4.69, 9.17) is 18.9 Å². The molecule has 5 nitrogen and oxygen atoms in total. The van der Waals surface area contributed by atoms with Crippen molar-refractivity contribution in [3.05, 3.63) is 71.8 Å². The molecule has 25 heavy (non-hydrogen) atoms. The fourth-order valence-corrected chi connectivity index (χ4v) is 3.24. The summed E-state index contributed by atoms with van der Waals surface area (Å²) < 4.78 is 23.5. The van der Waals surface area contributed by atoms with E-state index in [1.165, 1.54) is 0 Å². The Bertz CT molecular complexity index is 662. The van der Waals surface area contributed by atoms with Crippen LogP contribution < -0.4 is 0 Å². The van der Waals surface area contributed by atoms with Gasteiger partial charge in [0.25, 0.3) is 0 Å². The molecular weight excluding hydrogens is 320 g/mol. The summed E-state index contributed by atoms with van der Waals surface area (Å²) in [6, 6.07) is 19.6. The van der Waals surface area contributed by atoms with Crippen LogP contribution >= 0.6 is 0 Å². The lowest BCUT2D eigenvalue weighted by Crippen LogP contribution is -2.55. The van der Waals surface area contributed by atoms with E-state index in [0.29, 0.717) is 19.6 Å². The zero-order valence-corrected chi connectivity index (χ0v) is 13.9. The number of aliphatic hydroxyl groups is 1. The maximum absolute atomic E-state index is 10.5. The molecule has 2 aromatic carbocycles. The average Bonchev–Trinajstić information content (AvgIpc) is 2.68.